The number of carbonyl (C=O) groups excluding carboxylic acids is 1. The van der Waals surface area contributed by atoms with Crippen molar-refractivity contribution in [2.75, 3.05) is 27.3 Å². The third-order valence-corrected chi connectivity index (χ3v) is 4.30. The number of ether oxygens (including phenoxy) is 2. The minimum absolute atomic E-state index is 0.189. The molecular weight excluding hydrogens is 304 g/mol. The molecule has 5 heteroatoms. The van der Waals surface area contributed by atoms with Crippen molar-refractivity contribution in [1.29, 1.82) is 0 Å². The van der Waals surface area contributed by atoms with Crippen molar-refractivity contribution in [3.8, 4) is 5.75 Å². The highest BCUT2D eigenvalue weighted by Crippen LogP contribution is 2.32. The Morgan fingerprint density at radius 3 is 2.88 bits per heavy atom. The quantitative estimate of drug-likeness (QED) is 0.940. The monoisotopic (exact) mass is 326 g/mol. The Morgan fingerprint density at radius 1 is 1.29 bits per heavy atom. The Morgan fingerprint density at radius 2 is 2.12 bits per heavy atom. The van der Waals surface area contributed by atoms with E-state index < -0.39 is 5.91 Å². The molecule has 0 saturated carbocycles. The van der Waals surface area contributed by atoms with Crippen LogP contribution in [0.5, 0.6) is 5.75 Å². The van der Waals surface area contributed by atoms with Crippen LogP contribution in [0, 0.1) is 0 Å². The molecule has 1 amide bonds. The summed E-state index contributed by atoms with van der Waals surface area (Å²) in [5.41, 5.74) is 9.10. The van der Waals surface area contributed by atoms with Gasteiger partial charge in [-0.25, -0.2) is 0 Å². The highest BCUT2D eigenvalue weighted by Gasteiger charge is 2.23. The summed E-state index contributed by atoms with van der Waals surface area (Å²) in [6.07, 6.45) is -0.189. The second-order valence-electron chi connectivity index (χ2n) is 6.04. The molecule has 0 fully saturated rings. The Labute approximate surface area is 142 Å². The maximum Gasteiger partial charge on any atom is 0.248 e. The molecule has 3 rings (SSSR count). The molecule has 1 aliphatic heterocycles. The third-order valence-electron chi connectivity index (χ3n) is 4.30. The first-order chi connectivity index (χ1) is 11.6. The molecule has 0 aliphatic carbocycles. The second-order valence-corrected chi connectivity index (χ2v) is 6.04. The van der Waals surface area contributed by atoms with Crippen LogP contribution < -0.4 is 10.5 Å². The van der Waals surface area contributed by atoms with Crippen LogP contribution in [0.4, 0.5) is 0 Å². The van der Waals surface area contributed by atoms with Crippen molar-refractivity contribution in [3.05, 3.63) is 64.7 Å². The van der Waals surface area contributed by atoms with Crippen molar-refractivity contribution in [2.45, 2.75) is 12.6 Å². The van der Waals surface area contributed by atoms with E-state index in [0.717, 1.165) is 35.5 Å². The first kappa shape index (κ1) is 16.5. The predicted molar refractivity (Wildman–Crippen MR) is 92.1 cm³/mol. The van der Waals surface area contributed by atoms with Crippen molar-refractivity contribution in [1.82, 2.24) is 4.90 Å². The average molecular weight is 326 g/mol. The van der Waals surface area contributed by atoms with Crippen LogP contribution in [-0.4, -0.2) is 38.1 Å². The summed E-state index contributed by atoms with van der Waals surface area (Å²) in [6, 6.07) is 13.5. The van der Waals surface area contributed by atoms with Crippen molar-refractivity contribution in [3.63, 3.8) is 0 Å². The Bertz CT molecular complexity index is 745. The van der Waals surface area contributed by atoms with Gasteiger partial charge in [0, 0.05) is 18.7 Å². The summed E-state index contributed by atoms with van der Waals surface area (Å²) in [5.74, 6) is 0.381. The molecule has 1 unspecified atom stereocenters. The highest BCUT2D eigenvalue weighted by molar-refractivity contribution is 5.93. The van der Waals surface area contributed by atoms with Gasteiger partial charge in [0.15, 0.2) is 0 Å². The van der Waals surface area contributed by atoms with Crippen LogP contribution in [0.2, 0.25) is 0 Å². The molecule has 0 radical (unpaired) electrons. The van der Waals surface area contributed by atoms with Crippen LogP contribution in [0.25, 0.3) is 0 Å². The zero-order valence-electron chi connectivity index (χ0n) is 14.0. The molecule has 5 nitrogen and oxygen atoms in total. The van der Waals surface area contributed by atoms with Gasteiger partial charge in [0.25, 0.3) is 0 Å². The summed E-state index contributed by atoms with van der Waals surface area (Å²) >= 11 is 0. The molecule has 2 N–H and O–H groups in total. The molecule has 1 heterocycles. The van der Waals surface area contributed by atoms with E-state index in [1.165, 1.54) is 0 Å². The Balaban J connectivity index is 2.07. The van der Waals surface area contributed by atoms with Gasteiger partial charge in [-0.3, -0.25) is 9.69 Å². The van der Waals surface area contributed by atoms with Gasteiger partial charge in [0.1, 0.15) is 11.9 Å². The van der Waals surface area contributed by atoms with Crippen LogP contribution in [0.15, 0.2) is 42.5 Å². The maximum atomic E-state index is 11.5. The first-order valence-electron chi connectivity index (χ1n) is 7.95. The van der Waals surface area contributed by atoms with Crippen LogP contribution in [0.1, 0.15) is 33.2 Å². The fraction of sp³-hybridized carbons (Fsp3) is 0.316. The van der Waals surface area contributed by atoms with E-state index >= 15 is 0 Å². The molecule has 0 spiro atoms. The fourth-order valence-corrected chi connectivity index (χ4v) is 3.02. The molecule has 1 aliphatic rings. The molecule has 0 aromatic heterocycles. The van der Waals surface area contributed by atoms with E-state index in [-0.39, 0.29) is 6.10 Å². The smallest absolute Gasteiger partial charge is 0.248 e. The molecule has 126 valence electrons. The first-order valence-corrected chi connectivity index (χ1v) is 7.95. The number of benzene rings is 2. The molecule has 0 saturated heterocycles. The lowest BCUT2D eigenvalue weighted by molar-refractivity contribution is 0.0552. The van der Waals surface area contributed by atoms with Gasteiger partial charge in [-0.2, -0.15) is 0 Å². The standard InChI is InChI=1S/C19H22N2O3/c1-21-8-9-24-18(13-4-3-5-16(11-13)23-2)17-7-6-14(19(20)22)10-15(17)12-21/h3-7,10-11,18H,8-9,12H2,1-2H3,(H2,20,22). The number of nitrogens with zero attached hydrogens (tertiary/aromatic N) is 1. The summed E-state index contributed by atoms with van der Waals surface area (Å²) in [4.78, 5) is 13.7. The van der Waals surface area contributed by atoms with E-state index in [1.807, 2.05) is 43.4 Å². The SMILES string of the molecule is COc1cccc(C2OCCN(C)Cc3cc(C(N)=O)ccc32)c1. The molecule has 2 aromatic carbocycles. The lowest BCUT2D eigenvalue weighted by atomic mass is 9.94. The number of hydrogen-bond donors (Lipinski definition) is 1. The Hall–Kier alpha value is -2.37. The van der Waals surface area contributed by atoms with E-state index in [0.29, 0.717) is 12.2 Å². The van der Waals surface area contributed by atoms with E-state index in [1.54, 1.807) is 13.2 Å². The summed E-state index contributed by atoms with van der Waals surface area (Å²) in [6.45, 7) is 2.20. The molecule has 24 heavy (non-hydrogen) atoms. The van der Waals surface area contributed by atoms with Gasteiger partial charge < -0.3 is 15.2 Å². The zero-order chi connectivity index (χ0) is 17.1. The van der Waals surface area contributed by atoms with Gasteiger partial charge in [0.05, 0.1) is 13.7 Å². The molecular formula is C19H22N2O3. The minimum Gasteiger partial charge on any atom is -0.497 e. The van der Waals surface area contributed by atoms with Gasteiger partial charge in [-0.15, -0.1) is 0 Å². The summed E-state index contributed by atoms with van der Waals surface area (Å²) in [7, 11) is 3.69. The number of nitrogens with two attached hydrogens (primary N) is 1. The van der Waals surface area contributed by atoms with Crippen molar-refractivity contribution >= 4 is 5.91 Å². The average Bonchev–Trinajstić information content (AvgIpc) is 2.57. The number of hydrogen-bond acceptors (Lipinski definition) is 4. The van der Waals surface area contributed by atoms with Crippen LogP contribution in [-0.2, 0) is 11.3 Å². The number of primary amides is 1. The fourth-order valence-electron chi connectivity index (χ4n) is 3.02. The third kappa shape index (κ3) is 3.42. The number of rotatable bonds is 3. The Kier molecular flexibility index (Phi) is 4.83. The zero-order valence-corrected chi connectivity index (χ0v) is 14.0. The lowest BCUT2D eigenvalue weighted by Gasteiger charge is -2.29. The summed E-state index contributed by atoms with van der Waals surface area (Å²) in [5, 5.41) is 0. The van der Waals surface area contributed by atoms with Crippen molar-refractivity contribution in [2.24, 2.45) is 5.73 Å². The van der Waals surface area contributed by atoms with Gasteiger partial charge in [0.2, 0.25) is 5.91 Å². The van der Waals surface area contributed by atoms with E-state index in [4.69, 9.17) is 15.2 Å². The number of likely N-dealkylation sites (N-methyl/N-ethyl adjacent to an activating group) is 1. The van der Waals surface area contributed by atoms with E-state index in [9.17, 15) is 4.79 Å². The number of carbonyl (C=O) groups is 1. The van der Waals surface area contributed by atoms with Crippen LogP contribution >= 0.6 is 0 Å². The number of amides is 1. The minimum atomic E-state index is -0.415. The normalized spacial score (nSPS) is 18.3. The van der Waals surface area contributed by atoms with Crippen molar-refractivity contribution < 1.29 is 14.3 Å². The topological polar surface area (TPSA) is 64.8 Å². The highest BCUT2D eigenvalue weighted by atomic mass is 16.5. The molecule has 2 aromatic rings. The van der Waals surface area contributed by atoms with Gasteiger partial charge in [-0.1, -0.05) is 18.2 Å². The van der Waals surface area contributed by atoms with Gasteiger partial charge in [-0.05, 0) is 48.0 Å². The largest absolute Gasteiger partial charge is 0.497 e. The number of methoxy groups -OCH3 is 1. The number of fused-ring (bicyclic) bond motifs is 1. The molecule has 1 atom stereocenters. The predicted octanol–water partition coefficient (Wildman–Crippen LogP) is 2.35. The lowest BCUT2D eigenvalue weighted by Crippen LogP contribution is -2.28. The maximum absolute atomic E-state index is 11.5. The molecule has 0 bridgehead atoms. The summed E-state index contributed by atoms with van der Waals surface area (Å²) < 4.78 is 11.5. The second kappa shape index (κ2) is 7.03. The van der Waals surface area contributed by atoms with Gasteiger partial charge >= 0.3 is 0 Å². The van der Waals surface area contributed by atoms with E-state index in [2.05, 4.69) is 4.90 Å². The van der Waals surface area contributed by atoms with Crippen LogP contribution in [0.3, 0.4) is 0 Å².